The van der Waals surface area contributed by atoms with Gasteiger partial charge in [-0.3, -0.25) is 4.79 Å². The van der Waals surface area contributed by atoms with Crippen molar-refractivity contribution in [2.24, 2.45) is 0 Å². The number of carbonyl (C=O) groups is 1. The normalized spacial score (nSPS) is 18.9. The topological polar surface area (TPSA) is 82.3 Å². The van der Waals surface area contributed by atoms with Crippen LogP contribution in [0.25, 0.3) is 10.9 Å². The molecule has 3 rings (SSSR count). The molecule has 1 atom stereocenters. The molecule has 130 valence electrons. The minimum Gasteiger partial charge on any atom is -0.361 e. The molecule has 1 aliphatic rings. The second kappa shape index (κ2) is 6.94. The van der Waals surface area contributed by atoms with Crippen LogP contribution in [0.4, 0.5) is 0 Å². The maximum atomic E-state index is 12.8. The quantitative estimate of drug-likeness (QED) is 0.861. The number of rotatable bonds is 5. The van der Waals surface area contributed by atoms with E-state index in [1.54, 1.807) is 0 Å². The van der Waals surface area contributed by atoms with E-state index in [0.717, 1.165) is 42.0 Å². The van der Waals surface area contributed by atoms with Gasteiger partial charge in [-0.2, -0.15) is 0 Å². The van der Waals surface area contributed by atoms with E-state index in [-0.39, 0.29) is 11.9 Å². The molecule has 0 radical (unpaired) electrons. The zero-order valence-corrected chi connectivity index (χ0v) is 14.6. The van der Waals surface area contributed by atoms with Gasteiger partial charge in [0.2, 0.25) is 15.9 Å². The number of fused-ring (bicyclic) bond motifs is 1. The number of likely N-dealkylation sites (tertiary alicyclic amines) is 1. The van der Waals surface area contributed by atoms with Gasteiger partial charge >= 0.3 is 0 Å². The van der Waals surface area contributed by atoms with Gasteiger partial charge in [0.25, 0.3) is 0 Å². The molecule has 0 spiro atoms. The maximum absolute atomic E-state index is 12.8. The molecule has 2 N–H and O–H groups in total. The Labute approximate surface area is 142 Å². The number of benzene rings is 1. The van der Waals surface area contributed by atoms with Gasteiger partial charge in [0.15, 0.2) is 0 Å². The molecule has 2 heterocycles. The Morgan fingerprint density at radius 3 is 2.92 bits per heavy atom. The number of hydrogen-bond donors (Lipinski definition) is 2. The van der Waals surface area contributed by atoms with E-state index in [2.05, 4.69) is 9.71 Å². The Morgan fingerprint density at radius 2 is 2.12 bits per heavy atom. The van der Waals surface area contributed by atoms with Crippen LogP contribution < -0.4 is 4.72 Å². The first-order valence-corrected chi connectivity index (χ1v) is 10.1. The van der Waals surface area contributed by atoms with E-state index in [9.17, 15) is 13.2 Å². The van der Waals surface area contributed by atoms with Crippen molar-refractivity contribution in [3.05, 3.63) is 36.0 Å². The Kier molecular flexibility index (Phi) is 4.91. The molecule has 1 aromatic carbocycles. The number of H-pyrrole nitrogens is 1. The van der Waals surface area contributed by atoms with E-state index >= 15 is 0 Å². The SMILES string of the molecule is CS(=O)(=O)NC[C@H]1CCCCN1C(=O)Cc1c[nH]c2ccccc12. The highest BCUT2D eigenvalue weighted by Crippen LogP contribution is 2.22. The van der Waals surface area contributed by atoms with Crippen LogP contribution in [0.5, 0.6) is 0 Å². The van der Waals surface area contributed by atoms with Gasteiger partial charge in [0, 0.05) is 36.2 Å². The highest BCUT2D eigenvalue weighted by atomic mass is 32.2. The van der Waals surface area contributed by atoms with Gasteiger partial charge in [-0.25, -0.2) is 13.1 Å². The first kappa shape index (κ1) is 17.0. The second-order valence-corrected chi connectivity index (χ2v) is 8.23. The molecular weight excluding hydrogens is 326 g/mol. The second-order valence-electron chi connectivity index (χ2n) is 6.39. The summed E-state index contributed by atoms with van der Waals surface area (Å²) in [7, 11) is -3.24. The van der Waals surface area contributed by atoms with Gasteiger partial charge in [0.1, 0.15) is 0 Å². The number of piperidine rings is 1. The molecule has 7 heteroatoms. The van der Waals surface area contributed by atoms with Crippen molar-refractivity contribution in [3.8, 4) is 0 Å². The van der Waals surface area contributed by atoms with Gasteiger partial charge < -0.3 is 9.88 Å². The molecular formula is C17H23N3O3S. The maximum Gasteiger partial charge on any atom is 0.227 e. The van der Waals surface area contributed by atoms with Crippen molar-refractivity contribution >= 4 is 26.8 Å². The number of hydrogen-bond acceptors (Lipinski definition) is 3. The number of nitrogens with one attached hydrogen (secondary N) is 2. The summed E-state index contributed by atoms with van der Waals surface area (Å²) in [5.74, 6) is 0.0553. The molecule has 0 bridgehead atoms. The predicted octanol–water partition coefficient (Wildman–Crippen LogP) is 1.64. The molecule has 1 fully saturated rings. The van der Waals surface area contributed by atoms with Gasteiger partial charge in [-0.15, -0.1) is 0 Å². The van der Waals surface area contributed by atoms with Crippen molar-refractivity contribution in [3.63, 3.8) is 0 Å². The molecule has 0 saturated carbocycles. The van der Waals surface area contributed by atoms with E-state index in [1.165, 1.54) is 0 Å². The molecule has 2 aromatic rings. The lowest BCUT2D eigenvalue weighted by Crippen LogP contribution is -2.49. The average molecular weight is 349 g/mol. The third kappa shape index (κ3) is 3.96. The zero-order valence-electron chi connectivity index (χ0n) is 13.8. The number of amides is 1. The van der Waals surface area contributed by atoms with E-state index in [0.29, 0.717) is 19.5 Å². The third-order valence-electron chi connectivity index (χ3n) is 4.55. The monoisotopic (exact) mass is 349 g/mol. The number of sulfonamides is 1. The molecule has 0 unspecified atom stereocenters. The van der Waals surface area contributed by atoms with Crippen molar-refractivity contribution in [2.45, 2.75) is 31.7 Å². The molecule has 6 nitrogen and oxygen atoms in total. The van der Waals surface area contributed by atoms with Crippen molar-refractivity contribution < 1.29 is 13.2 Å². The average Bonchev–Trinajstić information content (AvgIpc) is 2.96. The summed E-state index contributed by atoms with van der Waals surface area (Å²) < 4.78 is 25.2. The van der Waals surface area contributed by atoms with E-state index < -0.39 is 10.0 Å². The lowest BCUT2D eigenvalue weighted by molar-refractivity contribution is -0.133. The lowest BCUT2D eigenvalue weighted by Gasteiger charge is -2.36. The summed E-state index contributed by atoms with van der Waals surface area (Å²) in [6.07, 6.45) is 6.19. The first-order chi connectivity index (χ1) is 11.4. The zero-order chi connectivity index (χ0) is 17.2. The van der Waals surface area contributed by atoms with E-state index in [1.807, 2.05) is 35.4 Å². The molecule has 1 aliphatic heterocycles. The molecule has 1 aromatic heterocycles. The fourth-order valence-corrected chi connectivity index (χ4v) is 3.83. The van der Waals surface area contributed by atoms with Gasteiger partial charge in [-0.1, -0.05) is 18.2 Å². The number of para-hydroxylation sites is 1. The lowest BCUT2D eigenvalue weighted by atomic mass is 10.0. The van der Waals surface area contributed by atoms with E-state index in [4.69, 9.17) is 0 Å². The first-order valence-electron chi connectivity index (χ1n) is 8.23. The van der Waals surface area contributed by atoms with Crippen LogP contribution in [0.2, 0.25) is 0 Å². The largest absolute Gasteiger partial charge is 0.361 e. The Balaban J connectivity index is 1.72. The van der Waals surface area contributed by atoms with Crippen molar-refractivity contribution in [2.75, 3.05) is 19.3 Å². The minimum atomic E-state index is -3.24. The summed E-state index contributed by atoms with van der Waals surface area (Å²) in [6.45, 7) is 0.982. The Morgan fingerprint density at radius 1 is 1.33 bits per heavy atom. The fourth-order valence-electron chi connectivity index (χ4n) is 3.33. The van der Waals surface area contributed by atoms with Crippen LogP contribution in [0, 0.1) is 0 Å². The fraction of sp³-hybridized carbons (Fsp3) is 0.471. The number of nitrogens with zero attached hydrogens (tertiary/aromatic N) is 1. The molecule has 24 heavy (non-hydrogen) atoms. The summed E-state index contributed by atoms with van der Waals surface area (Å²) in [5.41, 5.74) is 2.00. The predicted molar refractivity (Wildman–Crippen MR) is 94.2 cm³/mol. The van der Waals surface area contributed by atoms with Crippen LogP contribution in [-0.4, -0.2) is 49.6 Å². The standard InChI is InChI=1S/C17H23N3O3S/c1-24(22,23)19-12-14-6-4-5-9-20(14)17(21)10-13-11-18-16-8-3-2-7-15(13)16/h2-3,7-8,11,14,18-19H,4-6,9-10,12H2,1H3/t14-/m1/s1. The number of carbonyl (C=O) groups excluding carboxylic acids is 1. The summed E-state index contributed by atoms with van der Waals surface area (Å²) >= 11 is 0. The summed E-state index contributed by atoms with van der Waals surface area (Å²) in [6, 6.07) is 7.86. The highest BCUT2D eigenvalue weighted by molar-refractivity contribution is 7.88. The van der Waals surface area contributed by atoms with Gasteiger partial charge in [0.05, 0.1) is 12.7 Å². The van der Waals surface area contributed by atoms with Crippen LogP contribution in [-0.2, 0) is 21.2 Å². The van der Waals surface area contributed by atoms with Gasteiger partial charge in [-0.05, 0) is 30.9 Å². The van der Waals surface area contributed by atoms with Crippen LogP contribution in [0.1, 0.15) is 24.8 Å². The smallest absolute Gasteiger partial charge is 0.227 e. The van der Waals surface area contributed by atoms with Crippen molar-refractivity contribution in [1.82, 2.24) is 14.6 Å². The Bertz CT molecular complexity index is 828. The van der Waals surface area contributed by atoms with Crippen LogP contribution >= 0.6 is 0 Å². The van der Waals surface area contributed by atoms with Crippen LogP contribution in [0.3, 0.4) is 0 Å². The summed E-state index contributed by atoms with van der Waals surface area (Å²) in [5, 5.41) is 1.06. The third-order valence-corrected chi connectivity index (χ3v) is 5.24. The number of aromatic nitrogens is 1. The van der Waals surface area contributed by atoms with Crippen molar-refractivity contribution in [1.29, 1.82) is 0 Å². The molecule has 1 saturated heterocycles. The number of aromatic amines is 1. The molecule has 0 aliphatic carbocycles. The van der Waals surface area contributed by atoms with Crippen LogP contribution in [0.15, 0.2) is 30.5 Å². The minimum absolute atomic E-state index is 0.0553. The summed E-state index contributed by atoms with van der Waals surface area (Å²) in [4.78, 5) is 17.8. The highest BCUT2D eigenvalue weighted by Gasteiger charge is 2.27. The Hall–Kier alpha value is -1.86. The molecule has 1 amide bonds.